The maximum absolute atomic E-state index is 13.2. The van der Waals surface area contributed by atoms with Gasteiger partial charge in [-0.05, 0) is 35.9 Å². The molecular weight excluding hydrogens is 378 g/mol. The molecule has 5 rings (SSSR count). The van der Waals surface area contributed by atoms with E-state index >= 15 is 0 Å². The smallest absolute Gasteiger partial charge is 0.395 e. The largest absolute Gasteiger partial charge is 0.586 e. The molecule has 2 heterocycles. The van der Waals surface area contributed by atoms with Gasteiger partial charge in [-0.25, -0.2) is 0 Å². The molecule has 0 spiro atoms. The second-order valence-electron chi connectivity index (χ2n) is 6.61. The summed E-state index contributed by atoms with van der Waals surface area (Å²) in [5.74, 6) is -0.301. The summed E-state index contributed by atoms with van der Waals surface area (Å²) in [6, 6.07) is 21.2. The predicted molar refractivity (Wildman–Crippen MR) is 103 cm³/mol. The summed E-state index contributed by atoms with van der Waals surface area (Å²) in [5, 5.41) is 0. The van der Waals surface area contributed by atoms with Gasteiger partial charge in [0.1, 0.15) is 5.71 Å². The molecule has 144 valence electrons. The topological polar surface area (TPSA) is 51.1 Å². The molecule has 5 nitrogen and oxygen atoms in total. The minimum Gasteiger partial charge on any atom is -0.395 e. The molecule has 0 atom stereocenters. The van der Waals surface area contributed by atoms with Crippen molar-refractivity contribution in [2.45, 2.75) is 12.8 Å². The summed E-state index contributed by atoms with van der Waals surface area (Å²) >= 11 is 0. The van der Waals surface area contributed by atoms with E-state index in [4.69, 9.17) is 0 Å². The van der Waals surface area contributed by atoms with Crippen molar-refractivity contribution in [1.29, 1.82) is 0 Å². The Labute approximate surface area is 164 Å². The number of amides is 1. The maximum Gasteiger partial charge on any atom is 0.586 e. The zero-order valence-corrected chi connectivity index (χ0v) is 15.0. The molecular formula is C22H14F2N2O3. The zero-order valence-electron chi connectivity index (χ0n) is 15.0. The highest BCUT2D eigenvalue weighted by molar-refractivity contribution is 6.55. The Balaban J connectivity index is 1.47. The Morgan fingerprint density at radius 2 is 1.62 bits per heavy atom. The molecule has 0 saturated carbocycles. The van der Waals surface area contributed by atoms with Crippen LogP contribution in [0.1, 0.15) is 11.1 Å². The lowest BCUT2D eigenvalue weighted by Crippen LogP contribution is -2.25. The van der Waals surface area contributed by atoms with Crippen LogP contribution in [-0.4, -0.2) is 17.9 Å². The van der Waals surface area contributed by atoms with Crippen LogP contribution in [0.2, 0.25) is 0 Å². The minimum atomic E-state index is -3.66. The first-order valence-electron chi connectivity index (χ1n) is 8.94. The molecule has 0 saturated heterocycles. The SMILES string of the molecule is O=C1/C(=N\Cc2ccc3c(c2)OC(F)(F)O3)c2ccccc2N1c1ccccc1. The molecule has 0 bridgehead atoms. The number of hydrogen-bond donors (Lipinski definition) is 0. The molecule has 3 aromatic carbocycles. The van der Waals surface area contributed by atoms with Crippen LogP contribution in [-0.2, 0) is 11.3 Å². The first-order chi connectivity index (χ1) is 14.0. The first kappa shape index (κ1) is 17.4. The molecule has 0 unspecified atom stereocenters. The van der Waals surface area contributed by atoms with Crippen LogP contribution in [0, 0.1) is 0 Å². The van der Waals surface area contributed by atoms with E-state index in [-0.39, 0.29) is 24.0 Å². The van der Waals surface area contributed by atoms with Crippen LogP contribution in [0.3, 0.4) is 0 Å². The van der Waals surface area contributed by atoms with Gasteiger partial charge in [0.05, 0.1) is 12.2 Å². The fourth-order valence-corrected chi connectivity index (χ4v) is 3.45. The average molecular weight is 392 g/mol. The Morgan fingerprint density at radius 1 is 0.897 bits per heavy atom. The molecule has 0 aromatic heterocycles. The Hall–Kier alpha value is -3.74. The van der Waals surface area contributed by atoms with Gasteiger partial charge in [-0.3, -0.25) is 14.7 Å². The minimum absolute atomic E-state index is 0.0241. The van der Waals surface area contributed by atoms with Crippen LogP contribution >= 0.6 is 0 Å². The zero-order chi connectivity index (χ0) is 20.0. The maximum atomic E-state index is 13.2. The van der Waals surface area contributed by atoms with Gasteiger partial charge in [0.2, 0.25) is 0 Å². The molecule has 1 amide bonds. The molecule has 3 aromatic rings. The summed E-state index contributed by atoms with van der Waals surface area (Å²) in [6.45, 7) is 0.139. The van der Waals surface area contributed by atoms with E-state index in [1.807, 2.05) is 54.6 Å². The van der Waals surface area contributed by atoms with Crippen LogP contribution < -0.4 is 14.4 Å². The molecule has 0 radical (unpaired) electrons. The van der Waals surface area contributed by atoms with Crippen molar-refractivity contribution in [3.63, 3.8) is 0 Å². The van der Waals surface area contributed by atoms with Gasteiger partial charge in [-0.2, -0.15) is 0 Å². The fourth-order valence-electron chi connectivity index (χ4n) is 3.45. The normalized spacial score (nSPS) is 17.7. The Kier molecular flexibility index (Phi) is 3.84. The van der Waals surface area contributed by atoms with Gasteiger partial charge >= 0.3 is 6.29 Å². The van der Waals surface area contributed by atoms with Gasteiger partial charge in [0, 0.05) is 11.3 Å². The van der Waals surface area contributed by atoms with Crippen molar-refractivity contribution in [2.24, 2.45) is 4.99 Å². The average Bonchev–Trinajstić information content (AvgIpc) is 3.18. The molecule has 0 N–H and O–H groups in total. The van der Waals surface area contributed by atoms with E-state index in [1.165, 1.54) is 12.1 Å². The van der Waals surface area contributed by atoms with Gasteiger partial charge in [0.25, 0.3) is 5.91 Å². The van der Waals surface area contributed by atoms with Gasteiger partial charge in [-0.1, -0.05) is 42.5 Å². The predicted octanol–water partition coefficient (Wildman–Crippen LogP) is 4.68. The number of hydrogen-bond acceptors (Lipinski definition) is 4. The highest BCUT2D eigenvalue weighted by atomic mass is 19.3. The lowest BCUT2D eigenvalue weighted by atomic mass is 10.1. The number of para-hydroxylation sites is 2. The van der Waals surface area contributed by atoms with E-state index in [0.29, 0.717) is 11.3 Å². The number of benzene rings is 3. The number of carbonyl (C=O) groups excluding carboxylic acids is 1. The third kappa shape index (κ3) is 3.00. The van der Waals surface area contributed by atoms with E-state index in [9.17, 15) is 13.6 Å². The van der Waals surface area contributed by atoms with Crippen molar-refractivity contribution < 1.29 is 23.0 Å². The number of alkyl halides is 2. The monoisotopic (exact) mass is 392 g/mol. The van der Waals surface area contributed by atoms with Crippen LogP contribution in [0.4, 0.5) is 20.2 Å². The van der Waals surface area contributed by atoms with Crippen molar-refractivity contribution in [3.05, 3.63) is 83.9 Å². The number of aliphatic imine (C=N–C) groups is 1. The number of nitrogens with zero attached hydrogens (tertiary/aromatic N) is 2. The van der Waals surface area contributed by atoms with Crippen LogP contribution in [0.15, 0.2) is 77.8 Å². The summed E-state index contributed by atoms with van der Waals surface area (Å²) in [7, 11) is 0. The van der Waals surface area contributed by atoms with Crippen molar-refractivity contribution in [1.82, 2.24) is 0 Å². The van der Waals surface area contributed by atoms with E-state index < -0.39 is 6.29 Å². The lowest BCUT2D eigenvalue weighted by molar-refractivity contribution is -0.286. The number of anilines is 2. The molecule has 29 heavy (non-hydrogen) atoms. The molecule has 0 aliphatic carbocycles. The van der Waals surface area contributed by atoms with E-state index in [2.05, 4.69) is 14.5 Å². The number of ether oxygens (including phenoxy) is 2. The molecule has 2 aliphatic heterocycles. The van der Waals surface area contributed by atoms with Crippen LogP contribution in [0.25, 0.3) is 0 Å². The van der Waals surface area contributed by atoms with E-state index in [0.717, 1.165) is 16.9 Å². The molecule has 0 fully saturated rings. The Bertz CT molecular complexity index is 1150. The van der Waals surface area contributed by atoms with Gasteiger partial charge in [0.15, 0.2) is 11.5 Å². The second kappa shape index (κ2) is 6.41. The number of carbonyl (C=O) groups is 1. The van der Waals surface area contributed by atoms with Crippen LogP contribution in [0.5, 0.6) is 11.5 Å². The van der Waals surface area contributed by atoms with Crippen molar-refractivity contribution >= 4 is 23.0 Å². The highest BCUT2D eigenvalue weighted by Crippen LogP contribution is 2.41. The highest BCUT2D eigenvalue weighted by Gasteiger charge is 2.43. The molecule has 7 heteroatoms. The first-order valence-corrected chi connectivity index (χ1v) is 8.94. The van der Waals surface area contributed by atoms with Gasteiger partial charge < -0.3 is 9.47 Å². The summed E-state index contributed by atoms with van der Waals surface area (Å²) in [6.07, 6.45) is -3.66. The third-order valence-corrected chi connectivity index (χ3v) is 4.71. The van der Waals surface area contributed by atoms with Gasteiger partial charge in [-0.15, -0.1) is 8.78 Å². The molecule has 2 aliphatic rings. The summed E-state index contributed by atoms with van der Waals surface area (Å²) < 4.78 is 35.3. The number of fused-ring (bicyclic) bond motifs is 2. The number of rotatable bonds is 3. The summed E-state index contributed by atoms with van der Waals surface area (Å²) in [5.41, 5.74) is 3.19. The second-order valence-corrected chi connectivity index (χ2v) is 6.61. The lowest BCUT2D eigenvalue weighted by Gasteiger charge is -2.16. The third-order valence-electron chi connectivity index (χ3n) is 4.71. The van der Waals surface area contributed by atoms with E-state index in [1.54, 1.807) is 11.0 Å². The number of halogens is 2. The fraction of sp³-hybridized carbons (Fsp3) is 0.0909. The standard InChI is InChI=1S/C22H14F2N2O3/c23-22(24)28-18-11-10-14(12-19(18)29-22)13-25-20-16-8-4-5-9-17(16)26(21(20)27)15-6-2-1-3-7-15/h1-12H,13H2/b25-20-. The van der Waals surface area contributed by atoms with Crippen molar-refractivity contribution in [3.8, 4) is 11.5 Å². The Morgan fingerprint density at radius 3 is 2.45 bits per heavy atom. The quantitative estimate of drug-likeness (QED) is 0.651. The van der Waals surface area contributed by atoms with Crippen molar-refractivity contribution in [2.75, 3.05) is 4.90 Å². The summed E-state index contributed by atoms with van der Waals surface area (Å²) in [4.78, 5) is 19.2.